The van der Waals surface area contributed by atoms with Gasteiger partial charge in [0.15, 0.2) is 0 Å². The number of halogens is 1. The lowest BCUT2D eigenvalue weighted by Crippen LogP contribution is -2.39. The molecule has 0 heterocycles. The summed E-state index contributed by atoms with van der Waals surface area (Å²) in [5.74, 6) is -0.813. The van der Waals surface area contributed by atoms with Crippen molar-refractivity contribution in [3.05, 3.63) is 35.5 Å². The summed E-state index contributed by atoms with van der Waals surface area (Å²) in [6.45, 7) is 9.85. The zero-order valence-electron chi connectivity index (χ0n) is 10.6. The number of nitrogens with zero attached hydrogens (tertiary/aromatic N) is 1. The lowest BCUT2D eigenvalue weighted by atomic mass is 10.1. The Labute approximate surface area is 108 Å². The zero-order chi connectivity index (χ0) is 13.4. The minimum atomic E-state index is -0.813. The van der Waals surface area contributed by atoms with Crippen LogP contribution in [0, 0.1) is 0 Å². The average Bonchev–Trinajstić information content (AvgIpc) is 2.27. The highest BCUT2D eigenvalue weighted by Gasteiger charge is 2.22. The Bertz CT molecular complexity index is 334. The summed E-state index contributed by atoms with van der Waals surface area (Å²) in [5, 5.41) is 9.58. The van der Waals surface area contributed by atoms with E-state index in [-0.39, 0.29) is 0 Å². The highest BCUT2D eigenvalue weighted by molar-refractivity contribution is 6.30. The summed E-state index contributed by atoms with van der Waals surface area (Å²) in [4.78, 5) is 13.0. The molecule has 17 heavy (non-hydrogen) atoms. The normalized spacial score (nSPS) is 13.8. The van der Waals surface area contributed by atoms with E-state index in [1.165, 1.54) is 0 Å². The van der Waals surface area contributed by atoms with E-state index in [2.05, 4.69) is 6.58 Å². The number of allylic oxidation sites excluding steroid dienone is 4. The molecule has 1 N–H and O–H groups in total. The molecule has 3 nitrogen and oxygen atoms in total. The molecule has 0 fully saturated rings. The Morgan fingerprint density at radius 3 is 2.35 bits per heavy atom. The summed E-state index contributed by atoms with van der Waals surface area (Å²) >= 11 is 5.66. The molecule has 96 valence electrons. The molecule has 0 aromatic carbocycles. The number of carbonyl (C=O) groups is 1. The van der Waals surface area contributed by atoms with Crippen LogP contribution in [0.3, 0.4) is 0 Å². The fourth-order valence-electron chi connectivity index (χ4n) is 1.64. The molecule has 0 spiro atoms. The molecule has 0 aliphatic carbocycles. The third-order valence-electron chi connectivity index (χ3n) is 2.45. The highest BCUT2D eigenvalue weighted by Crippen LogP contribution is 2.15. The molecule has 1 unspecified atom stereocenters. The van der Waals surface area contributed by atoms with E-state index in [0.29, 0.717) is 18.0 Å². The lowest BCUT2D eigenvalue weighted by molar-refractivity contribution is -0.142. The van der Waals surface area contributed by atoms with Gasteiger partial charge >= 0.3 is 5.97 Å². The second-order valence-corrected chi connectivity index (χ2v) is 4.03. The molecule has 0 rings (SSSR count). The van der Waals surface area contributed by atoms with E-state index < -0.39 is 12.0 Å². The molecule has 0 saturated heterocycles. The Balaban J connectivity index is 5.06. The van der Waals surface area contributed by atoms with Crippen molar-refractivity contribution in [1.29, 1.82) is 0 Å². The Morgan fingerprint density at radius 1 is 1.47 bits per heavy atom. The second-order valence-electron chi connectivity index (χ2n) is 3.54. The molecule has 0 bridgehead atoms. The minimum Gasteiger partial charge on any atom is -0.480 e. The van der Waals surface area contributed by atoms with Gasteiger partial charge in [-0.1, -0.05) is 31.2 Å². The van der Waals surface area contributed by atoms with Crippen LogP contribution in [-0.2, 0) is 4.79 Å². The number of hydrogen-bond donors (Lipinski definition) is 1. The van der Waals surface area contributed by atoms with E-state index in [1.807, 2.05) is 31.7 Å². The molecule has 0 amide bonds. The van der Waals surface area contributed by atoms with Crippen LogP contribution in [0.25, 0.3) is 0 Å². The van der Waals surface area contributed by atoms with Crippen molar-refractivity contribution in [3.8, 4) is 0 Å². The smallest absolute Gasteiger partial charge is 0.326 e. The first kappa shape index (κ1) is 15.8. The van der Waals surface area contributed by atoms with Gasteiger partial charge in [-0.15, -0.1) is 0 Å². The van der Waals surface area contributed by atoms with Crippen molar-refractivity contribution in [2.24, 2.45) is 0 Å². The number of rotatable bonds is 7. The summed E-state index contributed by atoms with van der Waals surface area (Å²) in [5.41, 5.74) is 0.837. The first-order chi connectivity index (χ1) is 7.97. The maximum atomic E-state index is 11.2. The third-order valence-corrected chi connectivity index (χ3v) is 2.58. The Hall–Kier alpha value is -1.22. The van der Waals surface area contributed by atoms with Gasteiger partial charge in [0.2, 0.25) is 0 Å². The van der Waals surface area contributed by atoms with Gasteiger partial charge in [-0.3, -0.25) is 0 Å². The number of carboxylic acid groups (broad SMARTS) is 1. The van der Waals surface area contributed by atoms with Crippen molar-refractivity contribution in [3.63, 3.8) is 0 Å². The Morgan fingerprint density at radius 2 is 2.06 bits per heavy atom. The van der Waals surface area contributed by atoms with E-state index in [9.17, 15) is 4.79 Å². The van der Waals surface area contributed by atoms with Crippen LogP contribution in [0.2, 0.25) is 0 Å². The minimum absolute atomic E-state index is 0.420. The summed E-state index contributed by atoms with van der Waals surface area (Å²) in [7, 11) is 0. The molecule has 0 aliphatic rings. The summed E-state index contributed by atoms with van der Waals surface area (Å²) in [6.07, 6.45) is 5.86. The van der Waals surface area contributed by atoms with Crippen LogP contribution >= 0.6 is 11.6 Å². The van der Waals surface area contributed by atoms with Gasteiger partial charge < -0.3 is 10.0 Å². The van der Waals surface area contributed by atoms with Gasteiger partial charge in [0.25, 0.3) is 0 Å². The quantitative estimate of drug-likeness (QED) is 0.711. The Kier molecular flexibility index (Phi) is 7.39. The number of carboxylic acids is 1. The maximum absolute atomic E-state index is 11.2. The molecule has 0 aromatic rings. The average molecular weight is 258 g/mol. The summed E-state index contributed by atoms with van der Waals surface area (Å²) in [6, 6.07) is -0.514. The molecule has 1 atom stereocenters. The van der Waals surface area contributed by atoms with E-state index >= 15 is 0 Å². The van der Waals surface area contributed by atoms with E-state index in [0.717, 1.165) is 5.70 Å². The van der Waals surface area contributed by atoms with Crippen LogP contribution in [0.1, 0.15) is 27.2 Å². The topological polar surface area (TPSA) is 40.5 Å². The van der Waals surface area contributed by atoms with Crippen molar-refractivity contribution in [1.82, 2.24) is 4.90 Å². The maximum Gasteiger partial charge on any atom is 0.326 e. The van der Waals surface area contributed by atoms with Gasteiger partial charge in [-0.2, -0.15) is 0 Å². The van der Waals surface area contributed by atoms with E-state index in [4.69, 9.17) is 16.7 Å². The van der Waals surface area contributed by atoms with Gasteiger partial charge in [-0.25, -0.2) is 4.79 Å². The van der Waals surface area contributed by atoms with Crippen LogP contribution < -0.4 is 0 Å². The largest absolute Gasteiger partial charge is 0.480 e. The molecule has 0 aromatic heterocycles. The molecular weight excluding hydrogens is 238 g/mol. The number of hydrogen-bond acceptors (Lipinski definition) is 2. The fraction of sp³-hybridized carbons (Fsp3) is 0.462. The van der Waals surface area contributed by atoms with Crippen LogP contribution in [0.15, 0.2) is 35.5 Å². The fourth-order valence-corrected chi connectivity index (χ4v) is 1.71. The molecule has 4 heteroatoms. The van der Waals surface area contributed by atoms with Gasteiger partial charge in [0.05, 0.1) is 0 Å². The van der Waals surface area contributed by atoms with Gasteiger partial charge in [-0.05, 0) is 32.4 Å². The van der Waals surface area contributed by atoms with Crippen LogP contribution in [0.4, 0.5) is 0 Å². The zero-order valence-corrected chi connectivity index (χ0v) is 11.4. The van der Waals surface area contributed by atoms with Crippen molar-refractivity contribution in [2.45, 2.75) is 33.2 Å². The van der Waals surface area contributed by atoms with Crippen molar-refractivity contribution < 1.29 is 9.90 Å². The first-order valence-electron chi connectivity index (χ1n) is 5.66. The monoisotopic (exact) mass is 257 g/mol. The molecule has 0 radical (unpaired) electrons. The van der Waals surface area contributed by atoms with Crippen molar-refractivity contribution in [2.75, 3.05) is 6.54 Å². The molecule has 0 aliphatic heterocycles. The first-order valence-corrected chi connectivity index (χ1v) is 6.03. The third kappa shape index (κ3) is 5.09. The standard InChI is InChI=1S/C13H20ClNO2/c1-5-11(9-8-10(4)14)15(7-3)12(6-2)13(16)17/h5,8-9,12H,4,6-7H2,1-3H3,(H,16,17)/b9-8-,11-5+. The SMILES string of the molecule is C=C(Cl)/C=C\C(=C/C)N(CC)C(CC)C(=O)O. The van der Waals surface area contributed by atoms with E-state index in [1.54, 1.807) is 12.2 Å². The highest BCUT2D eigenvalue weighted by atomic mass is 35.5. The molecular formula is C13H20ClNO2. The second kappa shape index (κ2) is 7.96. The number of aliphatic carboxylic acids is 1. The van der Waals surface area contributed by atoms with Crippen LogP contribution in [-0.4, -0.2) is 28.6 Å². The van der Waals surface area contributed by atoms with Crippen molar-refractivity contribution >= 4 is 17.6 Å². The number of likely N-dealkylation sites (N-methyl/N-ethyl adjacent to an activating group) is 1. The predicted octanol–water partition coefficient (Wildman–Crippen LogP) is 3.38. The lowest BCUT2D eigenvalue weighted by Gasteiger charge is -2.30. The van der Waals surface area contributed by atoms with Crippen LogP contribution in [0.5, 0.6) is 0 Å². The summed E-state index contributed by atoms with van der Waals surface area (Å²) < 4.78 is 0. The predicted molar refractivity (Wildman–Crippen MR) is 72.0 cm³/mol. The van der Waals surface area contributed by atoms with Gasteiger partial charge in [0.1, 0.15) is 6.04 Å². The molecule has 0 saturated carbocycles. The van der Waals surface area contributed by atoms with Gasteiger partial charge in [0, 0.05) is 17.3 Å².